The molecule has 22 heavy (non-hydrogen) atoms. The first-order valence-corrected chi connectivity index (χ1v) is 7.53. The molecule has 0 aliphatic heterocycles. The fourth-order valence-corrected chi connectivity index (χ4v) is 2.82. The van der Waals surface area contributed by atoms with Gasteiger partial charge in [0.2, 0.25) is 0 Å². The highest BCUT2D eigenvalue weighted by Crippen LogP contribution is 2.33. The van der Waals surface area contributed by atoms with Gasteiger partial charge in [-0.1, -0.05) is 36.4 Å². The summed E-state index contributed by atoms with van der Waals surface area (Å²) in [5.41, 5.74) is 3.77. The highest BCUT2D eigenvalue weighted by atomic mass is 19.1. The maximum absolute atomic E-state index is 13.1. The lowest BCUT2D eigenvalue weighted by molar-refractivity contribution is 0.583. The molecule has 1 unspecified atom stereocenters. The number of hydrogen-bond acceptors (Lipinski definition) is 1. The molecule has 0 saturated carbocycles. The summed E-state index contributed by atoms with van der Waals surface area (Å²) in [5.74, 6) is 1.07. The molecule has 0 fully saturated rings. The number of benzene rings is 2. The van der Waals surface area contributed by atoms with E-state index in [1.54, 1.807) is 13.1 Å². The molecular formula is C18H20FN3. The molecule has 0 saturated heterocycles. The molecule has 0 radical (unpaired) electrons. The number of hydrogen-bond donors (Lipinski definition) is 2. The van der Waals surface area contributed by atoms with Gasteiger partial charge in [0.15, 0.2) is 5.96 Å². The van der Waals surface area contributed by atoms with Crippen LogP contribution in [0.15, 0.2) is 53.5 Å². The van der Waals surface area contributed by atoms with E-state index in [1.165, 1.54) is 23.3 Å². The van der Waals surface area contributed by atoms with Crippen LogP contribution in [0.1, 0.15) is 22.6 Å². The minimum absolute atomic E-state index is 0.215. The molecule has 0 spiro atoms. The van der Waals surface area contributed by atoms with E-state index in [0.717, 1.165) is 24.5 Å². The van der Waals surface area contributed by atoms with Crippen LogP contribution in [0.3, 0.4) is 0 Å². The average molecular weight is 297 g/mol. The van der Waals surface area contributed by atoms with Gasteiger partial charge >= 0.3 is 0 Å². The number of rotatable bonds is 4. The third-order valence-corrected chi connectivity index (χ3v) is 4.05. The van der Waals surface area contributed by atoms with Gasteiger partial charge in [-0.25, -0.2) is 4.39 Å². The van der Waals surface area contributed by atoms with Gasteiger partial charge in [0.25, 0.3) is 0 Å². The molecule has 4 heteroatoms. The van der Waals surface area contributed by atoms with E-state index in [4.69, 9.17) is 0 Å². The maximum atomic E-state index is 13.1. The van der Waals surface area contributed by atoms with E-state index in [0.29, 0.717) is 12.5 Å². The fourth-order valence-electron chi connectivity index (χ4n) is 2.82. The third-order valence-electron chi connectivity index (χ3n) is 4.05. The Labute approximate surface area is 130 Å². The molecule has 2 N–H and O–H groups in total. The number of guanidine groups is 1. The number of halogens is 1. The van der Waals surface area contributed by atoms with E-state index in [1.807, 2.05) is 6.07 Å². The van der Waals surface area contributed by atoms with Crippen LogP contribution in [0.25, 0.3) is 0 Å². The van der Waals surface area contributed by atoms with E-state index in [9.17, 15) is 4.39 Å². The Morgan fingerprint density at radius 1 is 1.18 bits per heavy atom. The molecule has 1 aliphatic rings. The molecule has 3 rings (SSSR count). The molecular weight excluding hydrogens is 277 g/mol. The van der Waals surface area contributed by atoms with Gasteiger partial charge in [-0.3, -0.25) is 4.99 Å². The van der Waals surface area contributed by atoms with Gasteiger partial charge in [0, 0.05) is 26.1 Å². The monoisotopic (exact) mass is 297 g/mol. The van der Waals surface area contributed by atoms with Gasteiger partial charge in [-0.05, 0) is 35.2 Å². The highest BCUT2D eigenvalue weighted by molar-refractivity contribution is 5.79. The van der Waals surface area contributed by atoms with Gasteiger partial charge in [0.05, 0.1) is 0 Å². The Morgan fingerprint density at radius 2 is 2.05 bits per heavy atom. The molecule has 0 bridgehead atoms. The summed E-state index contributed by atoms with van der Waals surface area (Å²) in [4.78, 5) is 4.21. The largest absolute Gasteiger partial charge is 0.356 e. The minimum atomic E-state index is -0.215. The van der Waals surface area contributed by atoms with Crippen molar-refractivity contribution >= 4 is 5.96 Å². The summed E-state index contributed by atoms with van der Waals surface area (Å²) in [6.07, 6.45) is 1.12. The van der Waals surface area contributed by atoms with Gasteiger partial charge in [-0.2, -0.15) is 0 Å². The summed E-state index contributed by atoms with van der Waals surface area (Å²) < 4.78 is 13.1. The molecule has 0 heterocycles. The normalized spacial score (nSPS) is 16.6. The Bertz CT molecular complexity index is 682. The van der Waals surface area contributed by atoms with Crippen molar-refractivity contribution in [3.63, 3.8) is 0 Å². The van der Waals surface area contributed by atoms with Crippen LogP contribution in [0.2, 0.25) is 0 Å². The number of nitrogens with one attached hydrogen (secondary N) is 2. The second kappa shape index (κ2) is 6.60. The van der Waals surface area contributed by atoms with Crippen LogP contribution >= 0.6 is 0 Å². The summed E-state index contributed by atoms with van der Waals surface area (Å²) in [6, 6.07) is 15.1. The zero-order valence-electron chi connectivity index (χ0n) is 12.6. The summed E-state index contributed by atoms with van der Waals surface area (Å²) >= 11 is 0. The fraction of sp³-hybridized carbons (Fsp3) is 0.278. The van der Waals surface area contributed by atoms with Crippen LogP contribution in [0.5, 0.6) is 0 Å². The van der Waals surface area contributed by atoms with Crippen molar-refractivity contribution < 1.29 is 4.39 Å². The first kappa shape index (κ1) is 14.6. The minimum Gasteiger partial charge on any atom is -0.356 e. The predicted octanol–water partition coefficient (Wildman–Crippen LogP) is 2.83. The highest BCUT2D eigenvalue weighted by Gasteiger charge is 2.25. The lowest BCUT2D eigenvalue weighted by atomic mass is 9.78. The van der Waals surface area contributed by atoms with Crippen LogP contribution < -0.4 is 10.6 Å². The van der Waals surface area contributed by atoms with E-state index in [2.05, 4.69) is 39.9 Å². The second-order valence-electron chi connectivity index (χ2n) is 5.54. The van der Waals surface area contributed by atoms with Crippen molar-refractivity contribution in [1.82, 2.24) is 10.6 Å². The van der Waals surface area contributed by atoms with Gasteiger partial charge < -0.3 is 10.6 Å². The number of aliphatic imine (C=N–C) groups is 1. The van der Waals surface area contributed by atoms with E-state index in [-0.39, 0.29) is 5.82 Å². The van der Waals surface area contributed by atoms with Crippen molar-refractivity contribution in [2.24, 2.45) is 4.99 Å². The molecule has 1 aliphatic carbocycles. The maximum Gasteiger partial charge on any atom is 0.191 e. The predicted molar refractivity (Wildman–Crippen MR) is 87.5 cm³/mol. The van der Waals surface area contributed by atoms with Gasteiger partial charge in [0.1, 0.15) is 5.82 Å². The van der Waals surface area contributed by atoms with Crippen LogP contribution in [-0.4, -0.2) is 19.6 Å². The molecule has 0 aromatic heterocycles. The molecule has 2 aromatic carbocycles. The first-order chi connectivity index (χ1) is 10.8. The number of fused-ring (bicyclic) bond motifs is 1. The van der Waals surface area contributed by atoms with Crippen molar-refractivity contribution in [3.8, 4) is 0 Å². The van der Waals surface area contributed by atoms with Crippen LogP contribution in [0.4, 0.5) is 4.39 Å². The molecule has 2 aromatic rings. The number of nitrogens with zero attached hydrogens (tertiary/aromatic N) is 1. The standard InChI is InChI=1S/C18H20FN3/c1-20-18(21-11-13-5-4-7-16(19)9-13)22-12-15-10-14-6-2-3-8-17(14)15/h2-9,15H,10-12H2,1H3,(H2,20,21,22). The third kappa shape index (κ3) is 3.27. The smallest absolute Gasteiger partial charge is 0.191 e. The van der Waals surface area contributed by atoms with Crippen molar-refractivity contribution in [3.05, 3.63) is 71.0 Å². The second-order valence-corrected chi connectivity index (χ2v) is 5.54. The van der Waals surface area contributed by atoms with Crippen molar-refractivity contribution in [1.29, 1.82) is 0 Å². The quantitative estimate of drug-likeness (QED) is 0.672. The Balaban J connectivity index is 1.49. The van der Waals surface area contributed by atoms with E-state index < -0.39 is 0 Å². The first-order valence-electron chi connectivity index (χ1n) is 7.53. The molecule has 3 nitrogen and oxygen atoms in total. The zero-order valence-corrected chi connectivity index (χ0v) is 12.6. The summed E-state index contributed by atoms with van der Waals surface area (Å²) in [6.45, 7) is 1.42. The van der Waals surface area contributed by atoms with Crippen molar-refractivity contribution in [2.75, 3.05) is 13.6 Å². The van der Waals surface area contributed by atoms with Crippen molar-refractivity contribution in [2.45, 2.75) is 18.9 Å². The Kier molecular flexibility index (Phi) is 4.37. The Morgan fingerprint density at radius 3 is 2.82 bits per heavy atom. The summed E-state index contributed by atoms with van der Waals surface area (Å²) in [7, 11) is 1.75. The lowest BCUT2D eigenvalue weighted by Gasteiger charge is -2.30. The van der Waals surface area contributed by atoms with E-state index >= 15 is 0 Å². The Hall–Kier alpha value is -2.36. The topological polar surface area (TPSA) is 36.4 Å². The molecule has 0 amide bonds. The SMILES string of the molecule is CN=C(NCc1cccc(F)c1)NCC1Cc2ccccc21. The van der Waals surface area contributed by atoms with Gasteiger partial charge in [-0.15, -0.1) is 0 Å². The lowest BCUT2D eigenvalue weighted by Crippen LogP contribution is -2.40. The van der Waals surface area contributed by atoms with Crippen LogP contribution in [-0.2, 0) is 13.0 Å². The van der Waals surface area contributed by atoms with Crippen LogP contribution in [0, 0.1) is 5.82 Å². The zero-order chi connectivity index (χ0) is 15.4. The average Bonchev–Trinajstić information content (AvgIpc) is 2.51. The molecule has 1 atom stereocenters. The summed E-state index contributed by atoms with van der Waals surface area (Å²) in [5, 5.41) is 6.55. The molecule has 114 valence electrons.